The molecule has 4 nitrogen and oxygen atoms in total. The Bertz CT molecular complexity index is 205. The third-order valence-electron chi connectivity index (χ3n) is 3.18. The van der Waals surface area contributed by atoms with Gasteiger partial charge in [0.05, 0.1) is 0 Å². The van der Waals surface area contributed by atoms with Crippen LogP contribution in [0.3, 0.4) is 0 Å². The topological polar surface area (TPSA) is 61.4 Å². The van der Waals surface area contributed by atoms with E-state index < -0.39 is 0 Å². The third kappa shape index (κ3) is 5.35. The van der Waals surface area contributed by atoms with E-state index >= 15 is 0 Å². The lowest BCUT2D eigenvalue weighted by Crippen LogP contribution is -2.52. The van der Waals surface area contributed by atoms with Gasteiger partial charge in [-0.1, -0.05) is 20.8 Å². The molecule has 0 aliphatic heterocycles. The monoisotopic (exact) mass is 230 g/mol. The molecular weight excluding hydrogens is 204 g/mol. The fraction of sp³-hybridized carbons (Fsp3) is 0.917. The predicted molar refractivity (Wildman–Crippen MR) is 66.4 cm³/mol. The van der Waals surface area contributed by atoms with Gasteiger partial charge >= 0.3 is 6.03 Å². The first-order valence-corrected chi connectivity index (χ1v) is 6.20. The number of hydrogen-bond donors (Lipinski definition) is 3. The zero-order valence-electron chi connectivity index (χ0n) is 11.0. The maximum Gasteiger partial charge on any atom is 0.315 e. The third-order valence-corrected chi connectivity index (χ3v) is 3.18. The van der Waals surface area contributed by atoms with Gasteiger partial charge in [-0.05, 0) is 32.6 Å². The van der Waals surface area contributed by atoms with Crippen LogP contribution in [-0.4, -0.2) is 29.3 Å². The number of urea groups is 1. The molecule has 0 aromatic carbocycles. The lowest BCUT2D eigenvalue weighted by atomic mass is 9.95. The number of carbonyl (C=O) groups excluding carboxylic acids is 1. The van der Waals surface area contributed by atoms with Crippen LogP contribution in [0.4, 0.5) is 4.79 Å². The standard InChI is InChI=1S/C12H26N2O2/c1-5-10(6-2)13-11(16)14-12(4,7-3)8-9-15/h10,15H,5-9H2,1-4H3,(H2,13,14,16). The summed E-state index contributed by atoms with van der Waals surface area (Å²) in [5, 5.41) is 14.8. The molecule has 0 aromatic heterocycles. The Morgan fingerprint density at radius 1 is 1.31 bits per heavy atom. The van der Waals surface area contributed by atoms with E-state index in [0.717, 1.165) is 19.3 Å². The highest BCUT2D eigenvalue weighted by Crippen LogP contribution is 2.13. The number of rotatable bonds is 7. The van der Waals surface area contributed by atoms with E-state index in [9.17, 15) is 4.79 Å². The van der Waals surface area contributed by atoms with Crippen molar-refractivity contribution in [2.45, 2.75) is 65.0 Å². The van der Waals surface area contributed by atoms with Gasteiger partial charge in [-0.3, -0.25) is 0 Å². The van der Waals surface area contributed by atoms with Crippen LogP contribution in [-0.2, 0) is 0 Å². The second-order valence-electron chi connectivity index (χ2n) is 4.50. The van der Waals surface area contributed by atoms with Gasteiger partial charge in [0.25, 0.3) is 0 Å². The summed E-state index contributed by atoms with van der Waals surface area (Å²) in [5.74, 6) is 0. The van der Waals surface area contributed by atoms with E-state index in [4.69, 9.17) is 5.11 Å². The Morgan fingerprint density at radius 2 is 1.88 bits per heavy atom. The quantitative estimate of drug-likeness (QED) is 0.626. The summed E-state index contributed by atoms with van der Waals surface area (Å²) >= 11 is 0. The molecule has 0 bridgehead atoms. The average Bonchev–Trinajstić information content (AvgIpc) is 2.26. The molecule has 0 fully saturated rings. The van der Waals surface area contributed by atoms with E-state index in [0.29, 0.717) is 6.42 Å². The van der Waals surface area contributed by atoms with Crippen LogP contribution in [0.1, 0.15) is 53.4 Å². The first kappa shape index (κ1) is 15.2. The Balaban J connectivity index is 4.19. The maximum absolute atomic E-state index is 11.7. The molecule has 0 rings (SSSR count). The minimum atomic E-state index is -0.315. The van der Waals surface area contributed by atoms with Crippen molar-refractivity contribution in [1.82, 2.24) is 10.6 Å². The fourth-order valence-corrected chi connectivity index (χ4v) is 1.56. The Labute approximate surface area is 98.8 Å². The molecule has 1 atom stereocenters. The van der Waals surface area contributed by atoms with Gasteiger partial charge in [0.15, 0.2) is 0 Å². The molecule has 0 aromatic rings. The molecular formula is C12H26N2O2. The molecule has 96 valence electrons. The minimum Gasteiger partial charge on any atom is -0.396 e. The Morgan fingerprint density at radius 3 is 2.25 bits per heavy atom. The van der Waals surface area contributed by atoms with E-state index in [1.807, 2.05) is 13.8 Å². The fourth-order valence-electron chi connectivity index (χ4n) is 1.56. The van der Waals surface area contributed by atoms with E-state index in [1.54, 1.807) is 0 Å². The molecule has 0 saturated carbocycles. The molecule has 3 N–H and O–H groups in total. The van der Waals surface area contributed by atoms with Crippen LogP contribution in [0, 0.1) is 0 Å². The molecule has 0 radical (unpaired) electrons. The highest BCUT2D eigenvalue weighted by Gasteiger charge is 2.24. The molecule has 0 spiro atoms. The number of aliphatic hydroxyl groups excluding tert-OH is 1. The van der Waals surface area contributed by atoms with Crippen molar-refractivity contribution in [2.24, 2.45) is 0 Å². The van der Waals surface area contributed by atoms with Crippen molar-refractivity contribution >= 4 is 6.03 Å². The molecule has 2 amide bonds. The molecule has 0 heterocycles. The van der Waals surface area contributed by atoms with Crippen LogP contribution in [0.15, 0.2) is 0 Å². The predicted octanol–water partition coefficient (Wildman–Crippen LogP) is 2.03. The average molecular weight is 230 g/mol. The normalized spacial score (nSPS) is 14.6. The SMILES string of the molecule is CCC(CC)NC(=O)NC(C)(CC)CCO. The summed E-state index contributed by atoms with van der Waals surface area (Å²) in [6.07, 6.45) is 3.27. The first-order valence-electron chi connectivity index (χ1n) is 6.20. The largest absolute Gasteiger partial charge is 0.396 e. The zero-order valence-corrected chi connectivity index (χ0v) is 11.0. The summed E-state index contributed by atoms with van der Waals surface area (Å²) in [6, 6.07) is 0.0988. The summed E-state index contributed by atoms with van der Waals surface area (Å²) in [7, 11) is 0. The van der Waals surface area contributed by atoms with Gasteiger partial charge in [-0.2, -0.15) is 0 Å². The summed E-state index contributed by atoms with van der Waals surface area (Å²) in [5.41, 5.74) is -0.315. The molecule has 0 saturated heterocycles. The van der Waals surface area contributed by atoms with Gasteiger partial charge in [0.2, 0.25) is 0 Å². The van der Waals surface area contributed by atoms with E-state index in [1.165, 1.54) is 0 Å². The smallest absolute Gasteiger partial charge is 0.315 e. The molecule has 16 heavy (non-hydrogen) atoms. The number of hydrogen-bond acceptors (Lipinski definition) is 2. The lowest BCUT2D eigenvalue weighted by molar-refractivity contribution is 0.198. The molecule has 0 aliphatic rings. The molecule has 0 aliphatic carbocycles. The number of carbonyl (C=O) groups is 1. The Kier molecular flexibility index (Phi) is 7.13. The van der Waals surface area contributed by atoms with Crippen LogP contribution in [0.5, 0.6) is 0 Å². The minimum absolute atomic E-state index is 0.0929. The van der Waals surface area contributed by atoms with Gasteiger partial charge in [0, 0.05) is 18.2 Å². The second-order valence-corrected chi connectivity index (χ2v) is 4.50. The molecule has 1 unspecified atom stereocenters. The van der Waals surface area contributed by atoms with Crippen molar-refractivity contribution in [2.75, 3.05) is 6.61 Å². The van der Waals surface area contributed by atoms with Gasteiger partial charge in [-0.25, -0.2) is 4.79 Å². The van der Waals surface area contributed by atoms with E-state index in [-0.39, 0.29) is 24.2 Å². The summed E-state index contributed by atoms with van der Waals surface area (Å²) in [4.78, 5) is 11.7. The zero-order chi connectivity index (χ0) is 12.6. The van der Waals surface area contributed by atoms with Crippen molar-refractivity contribution in [3.8, 4) is 0 Å². The summed E-state index contributed by atoms with van der Waals surface area (Å²) < 4.78 is 0. The first-order chi connectivity index (χ1) is 7.51. The van der Waals surface area contributed by atoms with Crippen LogP contribution < -0.4 is 10.6 Å². The highest BCUT2D eigenvalue weighted by molar-refractivity contribution is 5.75. The highest BCUT2D eigenvalue weighted by atomic mass is 16.3. The van der Waals surface area contributed by atoms with Crippen molar-refractivity contribution < 1.29 is 9.90 Å². The van der Waals surface area contributed by atoms with Crippen molar-refractivity contribution in [1.29, 1.82) is 0 Å². The van der Waals surface area contributed by atoms with Gasteiger partial charge in [-0.15, -0.1) is 0 Å². The van der Waals surface area contributed by atoms with Gasteiger partial charge < -0.3 is 15.7 Å². The Hall–Kier alpha value is -0.770. The summed E-state index contributed by atoms with van der Waals surface area (Å²) in [6.45, 7) is 8.17. The van der Waals surface area contributed by atoms with Crippen molar-refractivity contribution in [3.63, 3.8) is 0 Å². The second kappa shape index (κ2) is 7.49. The number of amides is 2. The number of nitrogens with one attached hydrogen (secondary N) is 2. The maximum atomic E-state index is 11.7. The van der Waals surface area contributed by atoms with Crippen LogP contribution in [0.25, 0.3) is 0 Å². The van der Waals surface area contributed by atoms with Crippen LogP contribution >= 0.6 is 0 Å². The van der Waals surface area contributed by atoms with Crippen LogP contribution in [0.2, 0.25) is 0 Å². The van der Waals surface area contributed by atoms with Crippen molar-refractivity contribution in [3.05, 3.63) is 0 Å². The van der Waals surface area contributed by atoms with Gasteiger partial charge in [0.1, 0.15) is 0 Å². The number of aliphatic hydroxyl groups is 1. The van der Waals surface area contributed by atoms with E-state index in [2.05, 4.69) is 24.5 Å². The lowest BCUT2D eigenvalue weighted by Gasteiger charge is -2.30. The molecule has 4 heteroatoms.